The van der Waals surface area contributed by atoms with E-state index in [1.54, 1.807) is 0 Å². The third-order valence-corrected chi connectivity index (χ3v) is 4.82. The minimum atomic E-state index is -1.54. The first-order valence-electron chi connectivity index (χ1n) is 10.8. The van der Waals surface area contributed by atoms with Crippen LogP contribution in [0.3, 0.4) is 0 Å². The van der Waals surface area contributed by atoms with Gasteiger partial charge in [-0.3, -0.25) is 9.59 Å². The Morgan fingerprint density at radius 3 is 1.38 bits per heavy atom. The molecule has 2 aromatic rings. The Hall–Kier alpha value is -5.18. The molecule has 0 radical (unpaired) electrons. The zero-order chi connectivity index (χ0) is 28.9. The molecule has 2 amide bonds. The molecule has 208 valence electrons. The summed E-state index contributed by atoms with van der Waals surface area (Å²) in [4.78, 5) is 46.9. The predicted molar refractivity (Wildman–Crippen MR) is 130 cm³/mol. The van der Waals surface area contributed by atoms with Crippen molar-refractivity contribution in [3.63, 3.8) is 0 Å². The summed E-state index contributed by atoms with van der Waals surface area (Å²) in [5.74, 6) is -4.41. The Bertz CT molecular complexity index is 1190. The number of amides is 2. The average Bonchev–Trinajstić information content (AvgIpc) is 2.91. The highest BCUT2D eigenvalue weighted by atomic mass is 16.5. The first-order chi connectivity index (χ1) is 18.7. The maximum Gasteiger partial charge on any atom is 0.266 e. The third-order valence-electron chi connectivity index (χ3n) is 4.82. The van der Waals surface area contributed by atoms with Crippen molar-refractivity contribution >= 4 is 36.2 Å². The van der Waals surface area contributed by atoms with Gasteiger partial charge in [-0.1, -0.05) is 0 Å². The van der Waals surface area contributed by atoms with Crippen molar-refractivity contribution in [3.05, 3.63) is 46.5 Å². The number of carboxylic acid groups (broad SMARTS) is 2. The predicted octanol–water partition coefficient (Wildman–Crippen LogP) is -1.93. The summed E-state index contributed by atoms with van der Waals surface area (Å²) in [6.07, 6.45) is 2.11. The number of benzene rings is 2. The van der Waals surface area contributed by atoms with Crippen molar-refractivity contribution < 1.29 is 53.1 Å². The Morgan fingerprint density at radius 2 is 1.08 bits per heavy atom. The number of nitrogens with zero attached hydrogens (tertiary/aromatic N) is 2. The molecule has 0 aliphatic rings. The lowest BCUT2D eigenvalue weighted by Crippen LogP contribution is -2.28. The minimum Gasteiger partial charge on any atom is -0.545 e. The van der Waals surface area contributed by atoms with Gasteiger partial charge in [0.2, 0.25) is 0 Å². The second-order valence-corrected chi connectivity index (χ2v) is 7.18. The van der Waals surface area contributed by atoms with Gasteiger partial charge in [0.15, 0.2) is 23.0 Å². The van der Waals surface area contributed by atoms with Crippen molar-refractivity contribution in [1.82, 2.24) is 10.9 Å². The van der Waals surface area contributed by atoms with E-state index >= 15 is 0 Å². The van der Waals surface area contributed by atoms with E-state index in [4.69, 9.17) is 23.7 Å². The molecule has 0 saturated heterocycles. The number of hydrogen-bond donors (Lipinski definition) is 2. The van der Waals surface area contributed by atoms with Crippen LogP contribution in [0, 0.1) is 0 Å². The largest absolute Gasteiger partial charge is 0.545 e. The van der Waals surface area contributed by atoms with Gasteiger partial charge in [-0.25, -0.2) is 10.9 Å². The SMILES string of the molecule is COc1ccc(C=NNC(=O)COCC(=O)NN=Cc2ccc(OC)c(OC)c2C(=O)[O-])c(C(=O)[O-])c1OC. The molecule has 2 N–H and O–H groups in total. The van der Waals surface area contributed by atoms with Gasteiger partial charge >= 0.3 is 0 Å². The van der Waals surface area contributed by atoms with E-state index in [0.717, 1.165) is 12.4 Å². The fraction of sp³-hybridized carbons (Fsp3) is 0.250. The van der Waals surface area contributed by atoms with Gasteiger partial charge in [-0.05, 0) is 24.3 Å². The Kier molecular flexibility index (Phi) is 11.2. The van der Waals surface area contributed by atoms with E-state index in [9.17, 15) is 29.4 Å². The summed E-state index contributed by atoms with van der Waals surface area (Å²) in [7, 11) is 5.19. The van der Waals surface area contributed by atoms with Gasteiger partial charge in [0.25, 0.3) is 11.8 Å². The van der Waals surface area contributed by atoms with Crippen LogP contribution in [0.15, 0.2) is 34.5 Å². The van der Waals surface area contributed by atoms with E-state index in [0.29, 0.717) is 0 Å². The third kappa shape index (κ3) is 7.90. The summed E-state index contributed by atoms with van der Waals surface area (Å²) in [6.45, 7) is -1.14. The molecule has 0 unspecified atom stereocenters. The summed E-state index contributed by atoms with van der Waals surface area (Å²) >= 11 is 0. The lowest BCUT2D eigenvalue weighted by atomic mass is 10.1. The van der Waals surface area contributed by atoms with Crippen LogP contribution < -0.4 is 40.0 Å². The number of ether oxygens (including phenoxy) is 5. The summed E-state index contributed by atoms with van der Waals surface area (Å²) < 4.78 is 25.2. The second kappa shape index (κ2) is 14.5. The van der Waals surface area contributed by atoms with E-state index in [-0.39, 0.29) is 45.3 Å². The molecule has 15 nitrogen and oxygen atoms in total. The average molecular weight is 544 g/mol. The molecule has 2 aromatic carbocycles. The number of rotatable bonds is 14. The molecule has 15 heteroatoms. The van der Waals surface area contributed by atoms with Gasteiger partial charge in [0.05, 0.1) is 63.9 Å². The lowest BCUT2D eigenvalue weighted by molar-refractivity contribution is -0.256. The summed E-state index contributed by atoms with van der Waals surface area (Å²) in [5.41, 5.74) is 3.71. The molecule has 39 heavy (non-hydrogen) atoms. The Balaban J connectivity index is 1.90. The normalized spacial score (nSPS) is 10.8. The molecule has 0 heterocycles. The first kappa shape index (κ1) is 30.0. The molecule has 0 aliphatic heterocycles. The molecule has 0 bridgehead atoms. The molecule has 2 rings (SSSR count). The van der Waals surface area contributed by atoms with Crippen molar-refractivity contribution in [3.8, 4) is 23.0 Å². The van der Waals surface area contributed by atoms with Gasteiger partial charge in [-0.2, -0.15) is 10.2 Å². The van der Waals surface area contributed by atoms with E-state index < -0.39 is 37.0 Å². The maximum absolute atomic E-state index is 11.9. The maximum atomic E-state index is 11.9. The number of hydrazone groups is 2. The highest BCUT2D eigenvalue weighted by Crippen LogP contribution is 2.33. The Labute approximate surface area is 222 Å². The minimum absolute atomic E-state index is 0.0717. The Morgan fingerprint density at radius 1 is 0.692 bits per heavy atom. The number of carbonyl (C=O) groups is 4. The van der Waals surface area contributed by atoms with Crippen molar-refractivity contribution in [1.29, 1.82) is 0 Å². The molecule has 0 fully saturated rings. The van der Waals surface area contributed by atoms with Crippen molar-refractivity contribution in [2.24, 2.45) is 10.2 Å². The zero-order valence-electron chi connectivity index (χ0n) is 21.3. The molecular weight excluding hydrogens is 520 g/mol. The van der Waals surface area contributed by atoms with Crippen LogP contribution in [0.5, 0.6) is 23.0 Å². The molecule has 0 saturated carbocycles. The second-order valence-electron chi connectivity index (χ2n) is 7.18. The van der Waals surface area contributed by atoms with Crippen molar-refractivity contribution in [2.45, 2.75) is 0 Å². The van der Waals surface area contributed by atoms with Crippen molar-refractivity contribution in [2.75, 3.05) is 41.7 Å². The van der Waals surface area contributed by atoms with Gasteiger partial charge in [0.1, 0.15) is 13.2 Å². The zero-order valence-corrected chi connectivity index (χ0v) is 21.3. The fourth-order valence-electron chi connectivity index (χ4n) is 3.17. The fourth-order valence-corrected chi connectivity index (χ4v) is 3.17. The summed E-state index contributed by atoms with van der Waals surface area (Å²) in [6, 6.07) is 5.65. The van der Waals surface area contributed by atoms with E-state index in [1.807, 2.05) is 0 Å². The van der Waals surface area contributed by atoms with E-state index in [1.165, 1.54) is 52.7 Å². The molecular formula is C24H24N4O11-2. The number of methoxy groups -OCH3 is 4. The molecule has 0 aliphatic carbocycles. The van der Waals surface area contributed by atoms with Gasteiger partial charge in [-0.15, -0.1) is 0 Å². The quantitative estimate of drug-likeness (QED) is 0.197. The van der Waals surface area contributed by atoms with E-state index in [2.05, 4.69) is 21.1 Å². The highest BCUT2D eigenvalue weighted by molar-refractivity contribution is 6.02. The molecule has 0 aromatic heterocycles. The molecule has 0 atom stereocenters. The van der Waals surface area contributed by atoms with Crippen LogP contribution in [0.2, 0.25) is 0 Å². The standard InChI is InChI=1S/C24H26N4O11/c1-35-15-7-5-13(19(23(31)32)21(15)37-3)9-25-27-17(29)11-39-12-18(30)28-26-10-14-6-8-16(36-2)22(38-4)20(14)24(33)34/h5-10H,11-12H2,1-4H3,(H,27,29)(H,28,30)(H,31,32)(H,33,34)/p-2. The number of carbonyl (C=O) groups excluding carboxylic acids is 4. The monoisotopic (exact) mass is 544 g/mol. The van der Waals surface area contributed by atoms with Crippen LogP contribution in [-0.2, 0) is 14.3 Å². The van der Waals surface area contributed by atoms with Gasteiger partial charge in [0, 0.05) is 11.1 Å². The topological polar surface area (TPSA) is 209 Å². The number of nitrogens with one attached hydrogen (secondary N) is 2. The number of aromatic carboxylic acids is 2. The van der Waals surface area contributed by atoms with Gasteiger partial charge < -0.3 is 43.5 Å². The van der Waals surface area contributed by atoms with Crippen LogP contribution in [0.4, 0.5) is 0 Å². The summed E-state index contributed by atoms with van der Waals surface area (Å²) in [5, 5.41) is 30.4. The van der Waals surface area contributed by atoms with Crippen LogP contribution in [-0.4, -0.2) is 77.8 Å². The lowest BCUT2D eigenvalue weighted by Gasteiger charge is -2.15. The molecule has 0 spiro atoms. The van der Waals surface area contributed by atoms with Crippen LogP contribution in [0.1, 0.15) is 31.8 Å². The highest BCUT2D eigenvalue weighted by Gasteiger charge is 2.16. The van der Waals surface area contributed by atoms with Crippen LogP contribution in [0.25, 0.3) is 0 Å². The van der Waals surface area contributed by atoms with Crippen LogP contribution >= 0.6 is 0 Å². The number of hydrogen-bond acceptors (Lipinski definition) is 13. The first-order valence-corrected chi connectivity index (χ1v) is 10.8. The number of carboxylic acids is 2. The smallest absolute Gasteiger partial charge is 0.266 e.